The number of aromatic nitrogens is 4. The van der Waals surface area contributed by atoms with Gasteiger partial charge in [0.05, 0.1) is 0 Å². The standard InChI is InChI=1S/C16H15N5O/c1-11-6-3-4-9-14(11)17-16(22)13-8-5-7-12(10-13)15-18-19-20-21(15)2/h3-10H,1-2H3,(H,17,22). The van der Waals surface area contributed by atoms with Gasteiger partial charge >= 0.3 is 0 Å². The first kappa shape index (κ1) is 13.9. The number of rotatable bonds is 3. The van der Waals surface area contributed by atoms with Gasteiger partial charge < -0.3 is 5.32 Å². The van der Waals surface area contributed by atoms with Crippen LogP contribution in [0.25, 0.3) is 11.4 Å². The average Bonchev–Trinajstić information content (AvgIpc) is 2.96. The highest BCUT2D eigenvalue weighted by atomic mass is 16.1. The third kappa shape index (κ3) is 2.71. The van der Waals surface area contributed by atoms with Gasteiger partial charge in [-0.15, -0.1) is 5.10 Å². The van der Waals surface area contributed by atoms with Gasteiger partial charge in [0.2, 0.25) is 0 Å². The summed E-state index contributed by atoms with van der Waals surface area (Å²) in [6, 6.07) is 14.9. The average molecular weight is 293 g/mol. The smallest absolute Gasteiger partial charge is 0.255 e. The molecule has 1 aromatic heterocycles. The summed E-state index contributed by atoms with van der Waals surface area (Å²) in [7, 11) is 1.76. The summed E-state index contributed by atoms with van der Waals surface area (Å²) < 4.78 is 1.57. The molecule has 2 aromatic carbocycles. The maximum absolute atomic E-state index is 12.4. The molecule has 0 saturated carbocycles. The fourth-order valence-corrected chi connectivity index (χ4v) is 2.18. The number of hydrogen-bond donors (Lipinski definition) is 1. The Kier molecular flexibility index (Phi) is 3.65. The van der Waals surface area contributed by atoms with E-state index in [-0.39, 0.29) is 5.91 Å². The number of tetrazole rings is 1. The monoisotopic (exact) mass is 293 g/mol. The normalized spacial score (nSPS) is 10.5. The zero-order valence-electron chi connectivity index (χ0n) is 12.3. The van der Waals surface area contributed by atoms with Crippen LogP contribution in [-0.2, 0) is 7.05 Å². The van der Waals surface area contributed by atoms with E-state index in [4.69, 9.17) is 0 Å². The van der Waals surface area contributed by atoms with Crippen molar-refractivity contribution >= 4 is 11.6 Å². The number of nitrogens with one attached hydrogen (secondary N) is 1. The highest BCUT2D eigenvalue weighted by Crippen LogP contribution is 2.19. The van der Waals surface area contributed by atoms with E-state index in [0.717, 1.165) is 16.8 Å². The maximum atomic E-state index is 12.4. The fraction of sp³-hybridized carbons (Fsp3) is 0.125. The van der Waals surface area contributed by atoms with Crippen LogP contribution in [-0.4, -0.2) is 26.1 Å². The summed E-state index contributed by atoms with van der Waals surface area (Å²) in [4.78, 5) is 12.4. The van der Waals surface area contributed by atoms with Crippen LogP contribution in [0.4, 0.5) is 5.69 Å². The highest BCUT2D eigenvalue weighted by Gasteiger charge is 2.11. The molecule has 0 atom stereocenters. The van der Waals surface area contributed by atoms with Crippen LogP contribution in [0.5, 0.6) is 0 Å². The Balaban J connectivity index is 1.88. The number of anilines is 1. The second-order valence-corrected chi connectivity index (χ2v) is 4.98. The first-order valence-corrected chi connectivity index (χ1v) is 6.85. The summed E-state index contributed by atoms with van der Waals surface area (Å²) in [6.07, 6.45) is 0. The Morgan fingerprint density at radius 1 is 1.14 bits per heavy atom. The lowest BCUT2D eigenvalue weighted by Gasteiger charge is -2.08. The SMILES string of the molecule is Cc1ccccc1NC(=O)c1cccc(-c2nnnn2C)c1. The van der Waals surface area contributed by atoms with Crippen LogP contribution in [0.2, 0.25) is 0 Å². The van der Waals surface area contributed by atoms with Crippen molar-refractivity contribution in [3.8, 4) is 11.4 Å². The second-order valence-electron chi connectivity index (χ2n) is 4.98. The molecule has 3 aromatic rings. The number of benzene rings is 2. The Hall–Kier alpha value is -3.02. The van der Waals surface area contributed by atoms with Crippen LogP contribution in [0.1, 0.15) is 15.9 Å². The Morgan fingerprint density at radius 3 is 2.68 bits per heavy atom. The van der Waals surface area contributed by atoms with Crippen LogP contribution in [0.3, 0.4) is 0 Å². The predicted octanol–water partition coefficient (Wildman–Crippen LogP) is 2.44. The number of nitrogens with zero attached hydrogens (tertiary/aromatic N) is 4. The van der Waals surface area contributed by atoms with E-state index >= 15 is 0 Å². The zero-order chi connectivity index (χ0) is 15.5. The number of carbonyl (C=O) groups is 1. The zero-order valence-corrected chi connectivity index (χ0v) is 12.3. The topological polar surface area (TPSA) is 72.7 Å². The van der Waals surface area contributed by atoms with Gasteiger partial charge in [0.15, 0.2) is 5.82 Å². The van der Waals surface area contributed by atoms with Crippen LogP contribution in [0, 0.1) is 6.92 Å². The molecule has 0 unspecified atom stereocenters. The van der Waals surface area contributed by atoms with E-state index in [1.807, 2.05) is 43.3 Å². The van der Waals surface area contributed by atoms with Gasteiger partial charge in [-0.05, 0) is 41.1 Å². The van der Waals surface area contributed by atoms with Gasteiger partial charge in [0.25, 0.3) is 5.91 Å². The van der Waals surface area contributed by atoms with Crippen molar-refractivity contribution in [2.24, 2.45) is 7.05 Å². The Morgan fingerprint density at radius 2 is 1.95 bits per heavy atom. The molecule has 0 fully saturated rings. The van der Waals surface area contributed by atoms with E-state index in [1.165, 1.54) is 0 Å². The predicted molar refractivity (Wildman–Crippen MR) is 83.4 cm³/mol. The van der Waals surface area contributed by atoms with Crippen molar-refractivity contribution in [3.05, 3.63) is 59.7 Å². The highest BCUT2D eigenvalue weighted by molar-refractivity contribution is 6.05. The summed E-state index contributed by atoms with van der Waals surface area (Å²) in [6.45, 7) is 1.96. The molecule has 1 amide bonds. The van der Waals surface area contributed by atoms with Crippen molar-refractivity contribution in [2.45, 2.75) is 6.92 Å². The van der Waals surface area contributed by atoms with Gasteiger partial charge in [-0.2, -0.15) is 0 Å². The molecule has 22 heavy (non-hydrogen) atoms. The summed E-state index contributed by atoms with van der Waals surface area (Å²) in [5.41, 5.74) is 3.18. The number of hydrogen-bond acceptors (Lipinski definition) is 4. The molecule has 1 heterocycles. The quantitative estimate of drug-likeness (QED) is 0.805. The van der Waals surface area contributed by atoms with Crippen LogP contribution in [0.15, 0.2) is 48.5 Å². The summed E-state index contributed by atoms with van der Waals surface area (Å²) >= 11 is 0. The summed E-state index contributed by atoms with van der Waals surface area (Å²) in [5.74, 6) is 0.455. The number of para-hydroxylation sites is 1. The molecular weight excluding hydrogens is 278 g/mol. The van der Waals surface area contributed by atoms with Gasteiger partial charge in [0.1, 0.15) is 0 Å². The van der Waals surface area contributed by atoms with Crippen molar-refractivity contribution in [1.82, 2.24) is 20.2 Å². The van der Waals surface area contributed by atoms with Crippen molar-refractivity contribution in [1.29, 1.82) is 0 Å². The molecule has 0 bridgehead atoms. The fourth-order valence-electron chi connectivity index (χ4n) is 2.18. The number of carbonyl (C=O) groups excluding carboxylic acids is 1. The minimum absolute atomic E-state index is 0.161. The lowest BCUT2D eigenvalue weighted by atomic mass is 10.1. The van der Waals surface area contributed by atoms with E-state index in [0.29, 0.717) is 11.4 Å². The van der Waals surface area contributed by atoms with Crippen molar-refractivity contribution < 1.29 is 4.79 Å². The molecule has 0 aliphatic carbocycles. The molecule has 110 valence electrons. The molecule has 0 spiro atoms. The third-order valence-corrected chi connectivity index (χ3v) is 3.40. The van der Waals surface area contributed by atoms with E-state index in [9.17, 15) is 4.79 Å². The first-order valence-electron chi connectivity index (χ1n) is 6.85. The molecule has 3 rings (SSSR count). The lowest BCUT2D eigenvalue weighted by molar-refractivity contribution is 0.102. The third-order valence-electron chi connectivity index (χ3n) is 3.40. The van der Waals surface area contributed by atoms with Gasteiger partial charge in [0, 0.05) is 23.9 Å². The molecular formula is C16H15N5O. The van der Waals surface area contributed by atoms with Gasteiger partial charge in [-0.1, -0.05) is 30.3 Å². The lowest BCUT2D eigenvalue weighted by Crippen LogP contribution is -2.12. The molecule has 6 nitrogen and oxygen atoms in total. The molecule has 6 heteroatoms. The minimum Gasteiger partial charge on any atom is -0.322 e. The Bertz CT molecular complexity index is 825. The molecule has 0 aliphatic heterocycles. The largest absolute Gasteiger partial charge is 0.322 e. The molecule has 0 radical (unpaired) electrons. The molecule has 1 N–H and O–H groups in total. The van der Waals surface area contributed by atoms with E-state index in [1.54, 1.807) is 23.9 Å². The van der Waals surface area contributed by atoms with Crippen molar-refractivity contribution in [3.63, 3.8) is 0 Å². The second kappa shape index (κ2) is 5.77. The van der Waals surface area contributed by atoms with E-state index in [2.05, 4.69) is 20.8 Å². The van der Waals surface area contributed by atoms with Gasteiger partial charge in [-0.25, -0.2) is 4.68 Å². The van der Waals surface area contributed by atoms with Crippen LogP contribution < -0.4 is 5.32 Å². The molecule has 0 aliphatic rings. The number of aryl methyl sites for hydroxylation is 2. The van der Waals surface area contributed by atoms with Crippen LogP contribution >= 0.6 is 0 Å². The summed E-state index contributed by atoms with van der Waals surface area (Å²) in [5, 5.41) is 14.3. The Labute approximate surface area is 127 Å². The maximum Gasteiger partial charge on any atom is 0.255 e. The first-order chi connectivity index (χ1) is 10.6. The van der Waals surface area contributed by atoms with Gasteiger partial charge in [-0.3, -0.25) is 4.79 Å². The number of amides is 1. The van der Waals surface area contributed by atoms with Crippen molar-refractivity contribution in [2.75, 3.05) is 5.32 Å². The van der Waals surface area contributed by atoms with E-state index < -0.39 is 0 Å². The molecule has 0 saturated heterocycles. The minimum atomic E-state index is -0.161.